The molecule has 2 rings (SSSR count). The second-order valence-electron chi connectivity index (χ2n) is 3.92. The molecule has 0 aliphatic carbocycles. The fraction of sp³-hybridized carbons (Fsp3) is 0.0714. The fourth-order valence-corrected chi connectivity index (χ4v) is 2.12. The van der Waals surface area contributed by atoms with Crippen molar-refractivity contribution >= 4 is 21.9 Å². The Labute approximate surface area is 112 Å². The summed E-state index contributed by atoms with van der Waals surface area (Å²) in [7, 11) is 0. The third kappa shape index (κ3) is 2.96. The summed E-state index contributed by atoms with van der Waals surface area (Å²) in [6.07, 6.45) is 0.367. The largest absolute Gasteiger partial charge is 0.478 e. The molecule has 1 N–H and O–H groups in total. The molecule has 0 aromatic heterocycles. The first kappa shape index (κ1) is 12.8. The average Bonchev–Trinajstić information content (AvgIpc) is 2.34. The van der Waals surface area contributed by atoms with E-state index in [1.54, 1.807) is 30.3 Å². The Balaban J connectivity index is 2.31. The molecular formula is C14H10BrFO2. The van der Waals surface area contributed by atoms with Gasteiger partial charge in [-0.2, -0.15) is 0 Å². The summed E-state index contributed by atoms with van der Waals surface area (Å²) >= 11 is 3.29. The molecule has 0 aliphatic rings. The Morgan fingerprint density at radius 3 is 2.72 bits per heavy atom. The van der Waals surface area contributed by atoms with Gasteiger partial charge in [-0.3, -0.25) is 0 Å². The number of carbonyl (C=O) groups is 1. The number of rotatable bonds is 3. The van der Waals surface area contributed by atoms with Crippen LogP contribution >= 0.6 is 15.9 Å². The van der Waals surface area contributed by atoms with Gasteiger partial charge in [-0.25, -0.2) is 9.18 Å². The van der Waals surface area contributed by atoms with Crippen molar-refractivity contribution in [1.29, 1.82) is 0 Å². The van der Waals surface area contributed by atoms with E-state index in [0.29, 0.717) is 12.0 Å². The molecule has 2 nitrogen and oxygen atoms in total. The number of benzene rings is 2. The lowest BCUT2D eigenvalue weighted by molar-refractivity contribution is 0.0697. The minimum atomic E-state index is -0.980. The van der Waals surface area contributed by atoms with Crippen LogP contribution in [0.3, 0.4) is 0 Å². The molecule has 0 amide bonds. The molecule has 0 saturated heterocycles. The molecule has 0 heterocycles. The van der Waals surface area contributed by atoms with Gasteiger partial charge >= 0.3 is 5.97 Å². The first-order chi connectivity index (χ1) is 8.56. The van der Waals surface area contributed by atoms with Crippen molar-refractivity contribution in [2.24, 2.45) is 0 Å². The zero-order chi connectivity index (χ0) is 13.1. The standard InChI is InChI=1S/C14H10BrFO2/c15-12-4-5-13(16)11(8-12)7-9-2-1-3-10(6-9)14(17)18/h1-6,8H,7H2,(H,17,18). The molecule has 92 valence electrons. The lowest BCUT2D eigenvalue weighted by Gasteiger charge is -2.05. The van der Waals surface area contributed by atoms with Crippen LogP contribution in [0, 0.1) is 5.82 Å². The molecule has 18 heavy (non-hydrogen) atoms. The van der Waals surface area contributed by atoms with Gasteiger partial charge < -0.3 is 5.11 Å². The summed E-state index contributed by atoms with van der Waals surface area (Å²) in [5.74, 6) is -1.27. The Morgan fingerprint density at radius 2 is 2.00 bits per heavy atom. The normalized spacial score (nSPS) is 10.3. The van der Waals surface area contributed by atoms with E-state index in [0.717, 1.165) is 10.0 Å². The van der Waals surface area contributed by atoms with Gasteiger partial charge in [0.1, 0.15) is 5.82 Å². The van der Waals surface area contributed by atoms with Gasteiger partial charge in [0.2, 0.25) is 0 Å². The molecule has 0 atom stereocenters. The zero-order valence-electron chi connectivity index (χ0n) is 9.36. The quantitative estimate of drug-likeness (QED) is 0.934. The second-order valence-corrected chi connectivity index (χ2v) is 4.83. The van der Waals surface area contributed by atoms with Crippen LogP contribution in [-0.4, -0.2) is 11.1 Å². The predicted molar refractivity (Wildman–Crippen MR) is 70.3 cm³/mol. The van der Waals surface area contributed by atoms with Crippen molar-refractivity contribution in [3.05, 3.63) is 69.4 Å². The number of aromatic carboxylic acids is 1. The summed E-state index contributed by atoms with van der Waals surface area (Å²) in [6.45, 7) is 0. The number of halogens is 2. The van der Waals surface area contributed by atoms with Crippen LogP contribution < -0.4 is 0 Å². The van der Waals surface area contributed by atoms with Crippen LogP contribution in [0.15, 0.2) is 46.9 Å². The van der Waals surface area contributed by atoms with Gasteiger partial charge in [-0.15, -0.1) is 0 Å². The molecule has 0 saturated carbocycles. The monoisotopic (exact) mass is 308 g/mol. The van der Waals surface area contributed by atoms with Crippen molar-refractivity contribution in [3.8, 4) is 0 Å². The number of carboxylic acid groups (broad SMARTS) is 1. The molecule has 0 radical (unpaired) electrons. The van der Waals surface area contributed by atoms with Crippen LogP contribution in [0.2, 0.25) is 0 Å². The van der Waals surface area contributed by atoms with E-state index in [-0.39, 0.29) is 11.4 Å². The van der Waals surface area contributed by atoms with E-state index in [2.05, 4.69) is 15.9 Å². The molecule has 0 aliphatic heterocycles. The van der Waals surface area contributed by atoms with Gasteiger partial charge in [-0.1, -0.05) is 28.1 Å². The van der Waals surface area contributed by atoms with Crippen molar-refractivity contribution < 1.29 is 14.3 Å². The zero-order valence-corrected chi connectivity index (χ0v) is 10.9. The third-order valence-electron chi connectivity index (χ3n) is 2.58. The summed E-state index contributed by atoms with van der Waals surface area (Å²) in [5.41, 5.74) is 1.52. The fourth-order valence-electron chi connectivity index (χ4n) is 1.71. The highest BCUT2D eigenvalue weighted by Gasteiger charge is 2.07. The highest BCUT2D eigenvalue weighted by Crippen LogP contribution is 2.19. The van der Waals surface area contributed by atoms with E-state index < -0.39 is 5.97 Å². The molecule has 2 aromatic carbocycles. The molecule has 0 spiro atoms. The van der Waals surface area contributed by atoms with Crippen molar-refractivity contribution in [3.63, 3.8) is 0 Å². The Morgan fingerprint density at radius 1 is 1.22 bits per heavy atom. The van der Waals surface area contributed by atoms with Crippen molar-refractivity contribution in [1.82, 2.24) is 0 Å². The first-order valence-corrected chi connectivity index (χ1v) is 6.12. The maximum atomic E-state index is 13.6. The molecule has 0 fully saturated rings. The minimum Gasteiger partial charge on any atom is -0.478 e. The van der Waals surface area contributed by atoms with Crippen molar-refractivity contribution in [2.75, 3.05) is 0 Å². The maximum Gasteiger partial charge on any atom is 0.335 e. The summed E-state index contributed by atoms with van der Waals surface area (Å²) in [5, 5.41) is 8.89. The number of hydrogen-bond donors (Lipinski definition) is 1. The van der Waals surface area contributed by atoms with Crippen LogP contribution in [0.1, 0.15) is 21.5 Å². The van der Waals surface area contributed by atoms with Crippen LogP contribution in [0.4, 0.5) is 4.39 Å². The lowest BCUT2D eigenvalue weighted by atomic mass is 10.0. The van der Waals surface area contributed by atoms with Crippen LogP contribution in [0.25, 0.3) is 0 Å². The number of carboxylic acids is 1. The smallest absolute Gasteiger partial charge is 0.335 e. The highest BCUT2D eigenvalue weighted by molar-refractivity contribution is 9.10. The van der Waals surface area contributed by atoms with E-state index in [1.807, 2.05) is 0 Å². The summed E-state index contributed by atoms with van der Waals surface area (Å²) in [6, 6.07) is 11.2. The van der Waals surface area contributed by atoms with E-state index in [9.17, 15) is 9.18 Å². The molecule has 0 bridgehead atoms. The van der Waals surface area contributed by atoms with Gasteiger partial charge in [0.25, 0.3) is 0 Å². The molecule has 0 unspecified atom stereocenters. The number of hydrogen-bond acceptors (Lipinski definition) is 1. The average molecular weight is 309 g/mol. The van der Waals surface area contributed by atoms with Crippen LogP contribution in [-0.2, 0) is 6.42 Å². The first-order valence-electron chi connectivity index (χ1n) is 5.32. The van der Waals surface area contributed by atoms with Crippen LogP contribution in [0.5, 0.6) is 0 Å². The molecule has 2 aromatic rings. The van der Waals surface area contributed by atoms with Gasteiger partial charge in [-0.05, 0) is 41.5 Å². The SMILES string of the molecule is O=C(O)c1cccc(Cc2cc(Br)ccc2F)c1. The predicted octanol–water partition coefficient (Wildman–Crippen LogP) is 3.88. The van der Waals surface area contributed by atoms with Gasteiger partial charge in [0.05, 0.1) is 5.56 Å². The molecule has 4 heteroatoms. The minimum absolute atomic E-state index is 0.211. The summed E-state index contributed by atoms with van der Waals surface area (Å²) in [4.78, 5) is 10.8. The second kappa shape index (κ2) is 5.31. The summed E-state index contributed by atoms with van der Waals surface area (Å²) < 4.78 is 14.4. The lowest BCUT2D eigenvalue weighted by Crippen LogP contribution is -1.98. The topological polar surface area (TPSA) is 37.3 Å². The van der Waals surface area contributed by atoms with E-state index in [4.69, 9.17) is 5.11 Å². The molecular weight excluding hydrogens is 299 g/mol. The maximum absolute atomic E-state index is 13.6. The highest BCUT2D eigenvalue weighted by atomic mass is 79.9. The van der Waals surface area contributed by atoms with Crippen molar-refractivity contribution in [2.45, 2.75) is 6.42 Å². The van der Waals surface area contributed by atoms with Gasteiger partial charge in [0, 0.05) is 10.9 Å². The Bertz CT molecular complexity index is 596. The Hall–Kier alpha value is -1.68. The van der Waals surface area contributed by atoms with E-state index in [1.165, 1.54) is 12.1 Å². The third-order valence-corrected chi connectivity index (χ3v) is 3.07. The van der Waals surface area contributed by atoms with E-state index >= 15 is 0 Å². The van der Waals surface area contributed by atoms with Gasteiger partial charge in [0.15, 0.2) is 0 Å². The Kier molecular flexibility index (Phi) is 3.77.